The van der Waals surface area contributed by atoms with Crippen molar-refractivity contribution in [3.8, 4) is 0 Å². The third kappa shape index (κ3) is 7.36. The fourth-order valence-corrected chi connectivity index (χ4v) is 2.55. The van der Waals surface area contributed by atoms with Crippen molar-refractivity contribution < 1.29 is 9.18 Å². The number of rotatable bonds is 8. The van der Waals surface area contributed by atoms with Gasteiger partial charge in [0.15, 0.2) is 5.96 Å². The van der Waals surface area contributed by atoms with Gasteiger partial charge in [-0.1, -0.05) is 6.07 Å². The molecule has 0 aromatic heterocycles. The lowest BCUT2D eigenvalue weighted by atomic mass is 10.1. The molecule has 23 heavy (non-hydrogen) atoms. The molecule has 3 N–H and O–H groups in total. The molecule has 0 saturated heterocycles. The van der Waals surface area contributed by atoms with Crippen molar-refractivity contribution in [2.24, 2.45) is 4.99 Å². The molecule has 0 bridgehead atoms. The van der Waals surface area contributed by atoms with Crippen LogP contribution in [0.5, 0.6) is 0 Å². The molecule has 0 atom stereocenters. The van der Waals surface area contributed by atoms with Gasteiger partial charge in [-0.2, -0.15) is 11.8 Å². The van der Waals surface area contributed by atoms with Crippen LogP contribution >= 0.6 is 11.8 Å². The maximum Gasteiger partial charge on any atom is 0.239 e. The fourth-order valence-electron chi connectivity index (χ4n) is 1.97. The minimum atomic E-state index is -0.233. The Morgan fingerprint density at radius 2 is 1.91 bits per heavy atom. The maximum absolute atomic E-state index is 13.4. The van der Waals surface area contributed by atoms with E-state index in [0.29, 0.717) is 25.6 Å². The van der Waals surface area contributed by atoms with Gasteiger partial charge in [0.25, 0.3) is 0 Å². The number of hydrogen-bond donors (Lipinski definition) is 3. The summed E-state index contributed by atoms with van der Waals surface area (Å²) in [6, 6.07) is 4.76. The summed E-state index contributed by atoms with van der Waals surface area (Å²) >= 11 is 1.64. The van der Waals surface area contributed by atoms with Gasteiger partial charge in [0.2, 0.25) is 5.91 Å². The fraction of sp³-hybridized carbons (Fsp3) is 0.500. The maximum atomic E-state index is 13.4. The highest BCUT2D eigenvalue weighted by Crippen LogP contribution is 2.17. The predicted molar refractivity (Wildman–Crippen MR) is 95.1 cm³/mol. The number of nitrogens with zero attached hydrogens (tertiary/aromatic N) is 1. The second-order valence-corrected chi connectivity index (χ2v) is 5.71. The summed E-state index contributed by atoms with van der Waals surface area (Å²) in [6.45, 7) is 5.73. The molecule has 0 aliphatic heterocycles. The monoisotopic (exact) mass is 340 g/mol. The normalized spacial score (nSPS) is 11.2. The Bertz CT molecular complexity index is 537. The first-order chi connectivity index (χ1) is 11.1. The number of benzene rings is 1. The van der Waals surface area contributed by atoms with Gasteiger partial charge < -0.3 is 16.0 Å². The second kappa shape index (κ2) is 10.9. The molecule has 1 aromatic rings. The van der Waals surface area contributed by atoms with Gasteiger partial charge in [-0.15, -0.1) is 0 Å². The minimum absolute atomic E-state index is 0.0806. The zero-order chi connectivity index (χ0) is 17.1. The van der Waals surface area contributed by atoms with E-state index in [2.05, 4.69) is 20.9 Å². The molecule has 0 saturated carbocycles. The third-order valence-electron chi connectivity index (χ3n) is 3.01. The highest BCUT2D eigenvalue weighted by atomic mass is 32.2. The number of hydrogen-bond acceptors (Lipinski definition) is 3. The van der Waals surface area contributed by atoms with Gasteiger partial charge in [-0.25, -0.2) is 9.38 Å². The number of carbonyl (C=O) groups is 1. The van der Waals surface area contributed by atoms with E-state index in [1.165, 1.54) is 6.07 Å². The van der Waals surface area contributed by atoms with Crippen molar-refractivity contribution in [1.29, 1.82) is 0 Å². The van der Waals surface area contributed by atoms with E-state index in [9.17, 15) is 9.18 Å². The highest BCUT2D eigenvalue weighted by molar-refractivity contribution is 7.97. The molecule has 0 unspecified atom stereocenters. The predicted octanol–water partition coefficient (Wildman–Crippen LogP) is 1.88. The van der Waals surface area contributed by atoms with E-state index in [0.717, 1.165) is 16.9 Å². The quantitative estimate of drug-likeness (QED) is 0.499. The van der Waals surface area contributed by atoms with Crippen molar-refractivity contribution in [2.75, 3.05) is 25.9 Å². The summed E-state index contributed by atoms with van der Waals surface area (Å²) in [5, 5.41) is 8.80. The Kier molecular flexibility index (Phi) is 9.12. The Labute approximate surface area is 141 Å². The van der Waals surface area contributed by atoms with Crippen molar-refractivity contribution in [3.63, 3.8) is 0 Å². The molecule has 0 aliphatic carbocycles. The number of guanidine groups is 1. The van der Waals surface area contributed by atoms with Gasteiger partial charge in [0, 0.05) is 18.8 Å². The van der Waals surface area contributed by atoms with Crippen molar-refractivity contribution in [3.05, 3.63) is 35.1 Å². The van der Waals surface area contributed by atoms with Crippen LogP contribution in [-0.2, 0) is 17.1 Å². The summed E-state index contributed by atoms with van der Waals surface area (Å²) in [7, 11) is 0. The van der Waals surface area contributed by atoms with Crippen LogP contribution in [-0.4, -0.2) is 37.8 Å². The number of thioether (sulfide) groups is 1. The molecule has 0 fully saturated rings. The molecule has 5 nitrogen and oxygen atoms in total. The third-order valence-corrected chi connectivity index (χ3v) is 3.61. The summed E-state index contributed by atoms with van der Waals surface area (Å²) in [4.78, 5) is 16.0. The first kappa shape index (κ1) is 19.3. The summed E-state index contributed by atoms with van der Waals surface area (Å²) < 4.78 is 13.4. The number of amides is 1. The molecule has 1 rings (SSSR count). The number of nitrogens with one attached hydrogen (secondary N) is 3. The van der Waals surface area contributed by atoms with E-state index in [1.54, 1.807) is 23.9 Å². The van der Waals surface area contributed by atoms with Gasteiger partial charge >= 0.3 is 0 Å². The number of carbonyl (C=O) groups excluding carboxylic acids is 1. The highest BCUT2D eigenvalue weighted by Gasteiger charge is 2.06. The van der Waals surface area contributed by atoms with Crippen LogP contribution in [0, 0.1) is 5.82 Å². The molecule has 1 amide bonds. The molecule has 1 aromatic carbocycles. The lowest BCUT2D eigenvalue weighted by Gasteiger charge is -2.12. The van der Waals surface area contributed by atoms with Crippen molar-refractivity contribution >= 4 is 23.6 Å². The Morgan fingerprint density at radius 3 is 2.57 bits per heavy atom. The second-order valence-electron chi connectivity index (χ2n) is 4.85. The van der Waals surface area contributed by atoms with Gasteiger partial charge in [-0.3, -0.25) is 4.79 Å². The van der Waals surface area contributed by atoms with Crippen molar-refractivity contribution in [1.82, 2.24) is 16.0 Å². The van der Waals surface area contributed by atoms with Gasteiger partial charge in [0.1, 0.15) is 5.82 Å². The van der Waals surface area contributed by atoms with Crippen LogP contribution in [0.15, 0.2) is 23.2 Å². The van der Waals surface area contributed by atoms with E-state index < -0.39 is 0 Å². The van der Waals surface area contributed by atoms with E-state index in [4.69, 9.17) is 0 Å². The molecule has 0 radical (unpaired) electrons. The number of aliphatic imine (C=N–C) groups is 1. The standard InChI is InChI=1S/C16H25FN4OS/c1-4-18-15(22)10-21-16(19-5-2)20-9-12-6-7-14(17)8-13(12)11-23-3/h6-8H,4-5,9-11H2,1-3H3,(H,18,22)(H2,19,20,21). The first-order valence-corrected chi connectivity index (χ1v) is 9.05. The Hall–Kier alpha value is -1.76. The van der Waals surface area contributed by atoms with Crippen LogP contribution in [0.2, 0.25) is 0 Å². The van der Waals surface area contributed by atoms with Crippen molar-refractivity contribution in [2.45, 2.75) is 26.1 Å². The molecular formula is C16H25FN4OS. The average Bonchev–Trinajstić information content (AvgIpc) is 2.52. The summed E-state index contributed by atoms with van der Waals surface area (Å²) in [6.07, 6.45) is 1.98. The lowest BCUT2D eigenvalue weighted by molar-refractivity contribution is -0.119. The van der Waals surface area contributed by atoms with E-state index >= 15 is 0 Å². The largest absolute Gasteiger partial charge is 0.357 e. The lowest BCUT2D eigenvalue weighted by Crippen LogP contribution is -2.43. The molecule has 7 heteroatoms. The van der Waals surface area contributed by atoms with Crippen LogP contribution in [0.1, 0.15) is 25.0 Å². The van der Waals surface area contributed by atoms with Gasteiger partial charge in [-0.05, 0) is 43.4 Å². The zero-order valence-electron chi connectivity index (χ0n) is 13.9. The topological polar surface area (TPSA) is 65.5 Å². The Balaban J connectivity index is 2.74. The molecule has 0 spiro atoms. The first-order valence-electron chi connectivity index (χ1n) is 7.65. The Morgan fingerprint density at radius 1 is 1.17 bits per heavy atom. The van der Waals surface area contributed by atoms with E-state index in [1.807, 2.05) is 20.1 Å². The number of halogens is 1. The van der Waals surface area contributed by atoms with Gasteiger partial charge in [0.05, 0.1) is 13.1 Å². The average molecular weight is 340 g/mol. The molecule has 0 aliphatic rings. The molecule has 128 valence electrons. The SMILES string of the molecule is CCNC(=O)CNC(=NCc1ccc(F)cc1CSC)NCC. The summed E-state index contributed by atoms with van der Waals surface area (Å²) in [5.74, 6) is 0.995. The van der Waals surface area contributed by atoms with Crippen LogP contribution in [0.25, 0.3) is 0 Å². The zero-order valence-corrected chi connectivity index (χ0v) is 14.7. The smallest absolute Gasteiger partial charge is 0.239 e. The van der Waals surface area contributed by atoms with Crippen LogP contribution in [0.4, 0.5) is 4.39 Å². The van der Waals surface area contributed by atoms with E-state index in [-0.39, 0.29) is 18.3 Å². The van der Waals surface area contributed by atoms with Crippen LogP contribution in [0.3, 0.4) is 0 Å². The molecular weight excluding hydrogens is 315 g/mol. The molecule has 0 heterocycles. The number of likely N-dealkylation sites (N-methyl/N-ethyl adjacent to an activating group) is 1. The summed E-state index contributed by atoms with van der Waals surface area (Å²) in [5.41, 5.74) is 1.93. The minimum Gasteiger partial charge on any atom is -0.357 e. The van der Waals surface area contributed by atoms with Crippen LogP contribution < -0.4 is 16.0 Å².